The number of anilines is 7. The number of ether oxygens (including phenoxy) is 6. The lowest BCUT2D eigenvalue weighted by Crippen LogP contribution is -2.41. The number of methoxy groups -OCH3 is 6. The lowest BCUT2D eigenvalue weighted by Gasteiger charge is -2.32. The summed E-state index contributed by atoms with van der Waals surface area (Å²) in [5.74, 6) is -0.798. The smallest absolute Gasteiger partial charge is 0.478 e. The van der Waals surface area contributed by atoms with Gasteiger partial charge in [0.25, 0.3) is 45.0 Å². The number of nitrogens with zero attached hydrogens (tertiary/aromatic N) is 24. The highest BCUT2D eigenvalue weighted by molar-refractivity contribution is 14.1. The second-order valence-corrected chi connectivity index (χ2v) is 29.9. The fourth-order valence-electron chi connectivity index (χ4n) is 9.82. The average molecular weight is 2080 g/mol. The van der Waals surface area contributed by atoms with Crippen LogP contribution in [0, 0.1) is 70.1 Å². The molecule has 0 bridgehead atoms. The summed E-state index contributed by atoms with van der Waals surface area (Å²) in [5.41, 5.74) is 7.93. The fraction of sp³-hybridized carbons (Fsp3) is 0.301. The zero-order valence-corrected chi connectivity index (χ0v) is 80.2. The summed E-state index contributed by atoms with van der Waals surface area (Å²) in [6.45, 7) is 12.8. The third kappa shape index (κ3) is 31.0. The first-order valence-corrected chi connectivity index (χ1v) is 42.1. The van der Waals surface area contributed by atoms with E-state index in [1.165, 1.54) is 68.2 Å². The number of alkyl halides is 1. The summed E-state index contributed by atoms with van der Waals surface area (Å²) in [6, 6.07) is 8.40. The molecule has 1 aliphatic heterocycles. The maximum atomic E-state index is 13.4. The number of hydrogen-bond donors (Lipinski definition) is 7. The summed E-state index contributed by atoms with van der Waals surface area (Å²) >= 11 is 29.8. The van der Waals surface area contributed by atoms with Crippen molar-refractivity contribution in [1.29, 1.82) is 0 Å². The van der Waals surface area contributed by atoms with E-state index in [2.05, 4.69) is 139 Å². The number of aliphatic hydroxyl groups is 1. The van der Waals surface area contributed by atoms with Crippen LogP contribution in [0.25, 0.3) is 10.9 Å². The second kappa shape index (κ2) is 50.9. The van der Waals surface area contributed by atoms with Crippen molar-refractivity contribution < 1.29 is 83.1 Å². The molecule has 8 N–H and O–H groups in total. The molecule has 14 heterocycles. The third-order valence-corrected chi connectivity index (χ3v) is 19.4. The van der Waals surface area contributed by atoms with Gasteiger partial charge in [-0.1, -0.05) is 75.1 Å². The van der Waals surface area contributed by atoms with Crippen LogP contribution in [0.15, 0.2) is 121 Å². The minimum absolute atomic E-state index is 0.0394. The molecule has 132 heavy (non-hydrogen) atoms. The van der Waals surface area contributed by atoms with Gasteiger partial charge in [0.15, 0.2) is 38.7 Å². The van der Waals surface area contributed by atoms with Crippen LogP contribution >= 0.6 is 80.6 Å². The number of H-pyrrole nitrogens is 2. The van der Waals surface area contributed by atoms with Crippen molar-refractivity contribution in [2.24, 2.45) is 35.2 Å². The fourth-order valence-corrected chi connectivity index (χ4v) is 12.1. The van der Waals surface area contributed by atoms with Crippen LogP contribution in [-0.2, 0) is 54.6 Å². The Labute approximate surface area is 787 Å². The normalized spacial score (nSPS) is 11.6. The van der Waals surface area contributed by atoms with E-state index < -0.39 is 72.8 Å². The largest absolute Gasteiger partial charge is 0.497 e. The molecular formula is C73H86BCl5F5IN30O16S. The van der Waals surface area contributed by atoms with Crippen LogP contribution in [0.4, 0.5) is 73.9 Å². The number of rotatable bonds is 17. The van der Waals surface area contributed by atoms with E-state index in [-0.39, 0.29) is 77.3 Å². The number of nitrogen functional groups attached to an aromatic ring is 1. The first kappa shape index (κ1) is 109. The second-order valence-electron chi connectivity index (χ2n) is 26.3. The van der Waals surface area contributed by atoms with Crippen molar-refractivity contribution >= 4 is 166 Å². The number of hydrogen-bond acceptors (Lipinski definition) is 36. The highest BCUT2D eigenvalue weighted by atomic mass is 127. The summed E-state index contributed by atoms with van der Waals surface area (Å²) in [4.78, 5) is 71.3. The highest BCUT2D eigenvalue weighted by Crippen LogP contribution is 2.39. The van der Waals surface area contributed by atoms with E-state index in [1.54, 1.807) is 125 Å². The summed E-state index contributed by atoms with van der Waals surface area (Å²) in [5, 5.41) is 61.6. The minimum Gasteiger partial charge on any atom is -0.478 e. The van der Waals surface area contributed by atoms with Crippen LogP contribution in [0.5, 0.6) is 35.3 Å². The summed E-state index contributed by atoms with van der Waals surface area (Å²) in [6.07, 6.45) is 17.1. The van der Waals surface area contributed by atoms with Gasteiger partial charge >= 0.3 is 24.4 Å². The molecule has 710 valence electrons. The number of nitrogens with one attached hydrogen (secondary N) is 5. The van der Waals surface area contributed by atoms with E-state index in [9.17, 15) is 55.4 Å². The van der Waals surface area contributed by atoms with Crippen molar-refractivity contribution in [2.75, 3.05) is 76.4 Å². The zero-order chi connectivity index (χ0) is 99.0. The maximum Gasteiger partial charge on any atom is 0.497 e. The summed E-state index contributed by atoms with van der Waals surface area (Å²) in [7, 11) is 13.7. The van der Waals surface area contributed by atoms with Crippen molar-refractivity contribution in [3.8, 4) is 35.3 Å². The number of aromatic nitrogens is 24. The molecule has 0 unspecified atom stereocenters. The third-order valence-electron chi connectivity index (χ3n) is 16.6. The van der Waals surface area contributed by atoms with Gasteiger partial charge < -0.3 is 64.5 Å². The molecule has 59 heteroatoms. The van der Waals surface area contributed by atoms with E-state index in [0.29, 0.717) is 68.6 Å². The monoisotopic (exact) mass is 2080 g/mol. The SMILES string of the molecule is CI.CO.COc1[nH]ncc1[N+](=O)[O-].COc1nn(C)cc1N.COc1nn(C)cc1Nc1ncc(F)c(=O)[nH]1.COc1nn(C)cc1Nc1ncc(F)c(C)n1.COc1nn(C)cc1Nc1ncc(F)c(Cl)n1.COc1nn(C)cc1[N+](=O)[O-].Cc1ccc(S(=O)(=O)n2cc(B3OC(C)(C)C(C)(C)O3)c3ccnc(Cl)c32)cc1.Cc1nc(Cl)ncc1F.Fc1cnc(Cl)nc1Cl. The van der Waals surface area contributed by atoms with Gasteiger partial charge in [-0.25, -0.2) is 79.9 Å². The Balaban J connectivity index is 0.000000269. The molecule has 0 atom stereocenters. The van der Waals surface area contributed by atoms with Gasteiger partial charge in [-0.05, 0) is 94.8 Å². The quantitative estimate of drug-likeness (QED) is 0.00512. The number of nitro groups is 2. The van der Waals surface area contributed by atoms with E-state index >= 15 is 0 Å². The van der Waals surface area contributed by atoms with Crippen LogP contribution in [-0.4, -0.2) is 214 Å². The van der Waals surface area contributed by atoms with Crippen molar-refractivity contribution in [3.05, 3.63) is 214 Å². The highest BCUT2D eigenvalue weighted by Gasteiger charge is 2.53. The Kier molecular flexibility index (Phi) is 42.2. The number of aromatic amines is 2. The van der Waals surface area contributed by atoms with Crippen LogP contribution < -0.4 is 61.1 Å². The number of benzene rings is 1. The van der Waals surface area contributed by atoms with E-state index in [4.69, 9.17) is 97.1 Å². The lowest BCUT2D eigenvalue weighted by atomic mass is 9.79. The number of aryl methyl sites for hydroxylation is 8. The Morgan fingerprint density at radius 3 is 1.36 bits per heavy atom. The molecule has 1 saturated heterocycles. The first-order chi connectivity index (χ1) is 62.3. The molecule has 15 rings (SSSR count). The predicted molar refractivity (Wildman–Crippen MR) is 486 cm³/mol. The standard InChI is InChI=1S/C20H22BClN2O4S.C10H12FN5O.C9H9ClFN5O.C9H10FN5O2.C5H4ClFN2.C5H7N3O3.C5H9N3O.C4HCl2FN2.C4H5N3O3.CH3I.CH4O/c1-13-6-8-14(9-7-13)29(25,26)24-12-16(15-10-11-23-18(22)17(15)24)21-27-19(2,3)20(4,5)28-21;1-6-7(11)4-12-10(13-6)14-8-5-16(2)15-9(8)17-3;1-16-4-6(8(15-16)17-2)13-9-12-3-5(11)7(10)14-9;1-15-4-6(8(14-15)17-2)12-9-11-3-5(10)7(16)13-9;1-3-4(7)2-8-5(6)9-3;1-7-3-4(8(9)10)5(6-7)11-2;1-8-3-4(6)5(7-8)9-2;5-3-2(7)1-8-4(6)9-3;1-10-4-3(7(8)9)2-5-6-4;2*1-2/h6-12H,1-5H3;4-5H,1-3H3,(H,12,13,14);3-4H,1-2H3,(H,12,13,14);3-4H,1-2H3,(H2,11,12,13,16);2H,1H3;3H,1-2H3;3H,6H2,1-2H3;1H;2H,1H3,(H,5,6);1H3;2H,1H3. The Hall–Kier alpha value is -13.1. The lowest BCUT2D eigenvalue weighted by molar-refractivity contribution is -0.385. The molecule has 0 aliphatic carbocycles. The number of nitrogens with two attached hydrogens (primary N) is 1. The van der Waals surface area contributed by atoms with Gasteiger partial charge in [0.1, 0.15) is 40.7 Å². The molecule has 46 nitrogen and oxygen atoms in total. The number of fused-ring (bicyclic) bond motifs is 1. The number of pyridine rings is 1. The van der Waals surface area contributed by atoms with Gasteiger partial charge in [-0.15, -0.1) is 25.5 Å². The molecule has 13 aromatic heterocycles. The van der Waals surface area contributed by atoms with Crippen LogP contribution in [0.2, 0.25) is 26.0 Å². The summed E-state index contributed by atoms with van der Waals surface area (Å²) < 4.78 is 140. The minimum atomic E-state index is -3.89. The molecule has 0 saturated carbocycles. The van der Waals surface area contributed by atoms with Gasteiger partial charge in [-0.2, -0.15) is 14.5 Å². The Bertz CT molecular complexity index is 6180. The van der Waals surface area contributed by atoms with E-state index in [0.717, 1.165) is 49.9 Å². The zero-order valence-electron chi connectivity index (χ0n) is 73.4. The van der Waals surface area contributed by atoms with Crippen LogP contribution in [0.1, 0.15) is 44.6 Å². The van der Waals surface area contributed by atoms with Crippen molar-refractivity contribution in [3.63, 3.8) is 0 Å². The Morgan fingerprint density at radius 2 is 0.947 bits per heavy atom. The van der Waals surface area contributed by atoms with Crippen LogP contribution in [0.3, 0.4) is 0 Å². The molecule has 0 radical (unpaired) electrons. The molecule has 14 aromatic rings. The molecule has 1 aliphatic rings. The molecule has 0 amide bonds. The molecular weight excluding hydrogens is 2000 g/mol. The van der Waals surface area contributed by atoms with Gasteiger partial charge in [0.05, 0.1) is 136 Å². The van der Waals surface area contributed by atoms with Crippen molar-refractivity contribution in [1.82, 2.24) is 118 Å². The Morgan fingerprint density at radius 1 is 0.523 bits per heavy atom. The van der Waals surface area contributed by atoms with Crippen molar-refractivity contribution in [2.45, 2.75) is 64.6 Å². The van der Waals surface area contributed by atoms with Gasteiger partial charge in [-0.3, -0.25) is 53.4 Å². The maximum absolute atomic E-state index is 13.4. The van der Waals surface area contributed by atoms with Gasteiger partial charge in [0, 0.05) is 65.6 Å². The topological polar surface area (TPSA) is 561 Å². The number of halogens is 11. The molecule has 1 fully saturated rings. The number of aliphatic hydroxyl groups excluding tert-OH is 1. The first-order valence-electron chi connectivity index (χ1n) is 36.6. The van der Waals surface area contributed by atoms with E-state index in [1.807, 2.05) is 39.5 Å². The van der Waals surface area contributed by atoms with Gasteiger partial charge in [0.2, 0.25) is 34.2 Å². The molecule has 0 spiro atoms. The molecule has 1 aromatic carbocycles. The predicted octanol–water partition coefficient (Wildman–Crippen LogP) is 11.9. The average Bonchev–Trinajstić information content (AvgIpc) is 1.57.